The van der Waals surface area contributed by atoms with E-state index >= 15 is 0 Å². The summed E-state index contributed by atoms with van der Waals surface area (Å²) in [6.07, 6.45) is 3.54. The number of ether oxygens (including phenoxy) is 1. The molecule has 2 saturated heterocycles. The largest absolute Gasteiger partial charge is 0.479 e. The Morgan fingerprint density at radius 1 is 0.943 bits per heavy atom. The van der Waals surface area contributed by atoms with E-state index in [4.69, 9.17) is 4.74 Å². The molecule has 2 aromatic rings. The van der Waals surface area contributed by atoms with Gasteiger partial charge in [-0.25, -0.2) is 9.59 Å². The Morgan fingerprint density at radius 2 is 1.54 bits per heavy atom. The molecule has 35 heavy (non-hydrogen) atoms. The summed E-state index contributed by atoms with van der Waals surface area (Å²) in [5, 5.41) is 12.8. The predicted octanol–water partition coefficient (Wildman–Crippen LogP) is 4.16. The van der Waals surface area contributed by atoms with E-state index in [0.717, 1.165) is 24.0 Å². The van der Waals surface area contributed by atoms with E-state index in [2.05, 4.69) is 29.6 Å². The van der Waals surface area contributed by atoms with Crippen molar-refractivity contribution in [1.29, 1.82) is 0 Å². The first-order valence-electron chi connectivity index (χ1n) is 12.6. The number of carbonyl (C=O) groups excluding carboxylic acids is 2. The highest BCUT2D eigenvalue weighted by Gasteiger charge is 2.60. The van der Waals surface area contributed by atoms with E-state index in [1.807, 2.05) is 24.3 Å². The van der Waals surface area contributed by atoms with E-state index in [1.165, 1.54) is 11.1 Å². The fourth-order valence-corrected chi connectivity index (χ4v) is 6.44. The minimum absolute atomic E-state index is 0.0241. The molecule has 4 fully saturated rings. The molecule has 0 spiro atoms. The van der Waals surface area contributed by atoms with Gasteiger partial charge in [0.1, 0.15) is 12.1 Å². The molecule has 5 aliphatic rings. The summed E-state index contributed by atoms with van der Waals surface area (Å²) >= 11 is 0. The van der Waals surface area contributed by atoms with Gasteiger partial charge in [-0.2, -0.15) is 0 Å². The van der Waals surface area contributed by atoms with Gasteiger partial charge in [-0.3, -0.25) is 4.79 Å². The van der Waals surface area contributed by atoms with Crippen LogP contribution in [0.15, 0.2) is 48.5 Å². The lowest BCUT2D eigenvalue weighted by Gasteiger charge is -2.52. The molecule has 0 radical (unpaired) electrons. The van der Waals surface area contributed by atoms with Crippen molar-refractivity contribution in [3.05, 3.63) is 59.7 Å². The number of alkyl carbamates (subject to hydrolysis) is 1. The third kappa shape index (κ3) is 3.51. The van der Waals surface area contributed by atoms with Crippen LogP contribution in [0.25, 0.3) is 11.1 Å². The smallest absolute Gasteiger partial charge is 0.407 e. The quantitative estimate of drug-likeness (QED) is 0.655. The highest BCUT2D eigenvalue weighted by atomic mass is 16.5. The predicted molar refractivity (Wildman–Crippen MR) is 129 cm³/mol. The molecule has 2 bridgehead atoms. The molecular weight excluding hydrogens is 444 g/mol. The van der Waals surface area contributed by atoms with E-state index in [-0.39, 0.29) is 25.0 Å². The first-order chi connectivity index (χ1) is 16.9. The van der Waals surface area contributed by atoms with Crippen molar-refractivity contribution in [3.8, 4) is 11.1 Å². The lowest BCUT2D eigenvalue weighted by Crippen LogP contribution is -2.66. The summed E-state index contributed by atoms with van der Waals surface area (Å²) < 4.78 is 5.63. The van der Waals surface area contributed by atoms with Crippen LogP contribution in [0.5, 0.6) is 0 Å². The number of rotatable bonds is 6. The van der Waals surface area contributed by atoms with Gasteiger partial charge in [0.25, 0.3) is 0 Å². The molecule has 2 N–H and O–H groups in total. The number of carboxylic acids is 1. The van der Waals surface area contributed by atoms with E-state index in [1.54, 1.807) is 4.90 Å². The van der Waals surface area contributed by atoms with Gasteiger partial charge in [0.15, 0.2) is 0 Å². The zero-order valence-corrected chi connectivity index (χ0v) is 19.7. The number of fused-ring (bicyclic) bond motifs is 6. The topological polar surface area (TPSA) is 95.9 Å². The Balaban J connectivity index is 1.10. The summed E-state index contributed by atoms with van der Waals surface area (Å²) in [5.41, 5.74) is 2.85. The van der Waals surface area contributed by atoms with Gasteiger partial charge >= 0.3 is 12.1 Å². The standard InChI is InChI=1S/C28H30N2O5/c31-24(30-15-18-9-11-28(30,12-10-18)25(32)33)27(13-14-27)17-29-26(34)35-16-23-21-7-3-1-5-19(21)20-6-2-4-8-22(20)23/h1-8,18,23H,9-17H2,(H,29,34)(H,32,33). The number of amides is 2. The van der Waals surface area contributed by atoms with Crippen LogP contribution in [0.4, 0.5) is 4.79 Å². The first-order valence-corrected chi connectivity index (χ1v) is 12.6. The van der Waals surface area contributed by atoms with Crippen molar-refractivity contribution in [2.45, 2.75) is 50.0 Å². The molecule has 0 atom stereocenters. The zero-order chi connectivity index (χ0) is 24.2. The molecule has 7 nitrogen and oxygen atoms in total. The molecule has 0 aromatic heterocycles. The van der Waals surface area contributed by atoms with E-state index < -0.39 is 23.0 Å². The van der Waals surface area contributed by atoms with Crippen LogP contribution >= 0.6 is 0 Å². The van der Waals surface area contributed by atoms with Gasteiger partial charge in [-0.1, -0.05) is 48.5 Å². The van der Waals surface area contributed by atoms with Gasteiger partial charge in [0.05, 0.1) is 5.41 Å². The second-order valence-corrected chi connectivity index (χ2v) is 10.7. The lowest BCUT2D eigenvalue weighted by atomic mass is 9.70. The Kier molecular flexibility index (Phi) is 5.13. The average molecular weight is 475 g/mol. The van der Waals surface area contributed by atoms with Crippen molar-refractivity contribution >= 4 is 18.0 Å². The third-order valence-electron chi connectivity index (χ3n) is 8.76. The average Bonchev–Trinajstić information content (AvgIpc) is 3.63. The van der Waals surface area contributed by atoms with Gasteiger partial charge in [-0.05, 0) is 66.7 Å². The second kappa shape index (κ2) is 8.11. The second-order valence-electron chi connectivity index (χ2n) is 10.7. The highest BCUT2D eigenvalue weighted by molar-refractivity contribution is 5.92. The fourth-order valence-electron chi connectivity index (χ4n) is 6.44. The third-order valence-corrected chi connectivity index (χ3v) is 8.76. The molecule has 2 heterocycles. The van der Waals surface area contributed by atoms with Crippen LogP contribution in [-0.2, 0) is 14.3 Å². The normalized spacial score (nSPS) is 25.5. The summed E-state index contributed by atoms with van der Waals surface area (Å²) in [6.45, 7) is 0.911. The molecule has 2 aromatic carbocycles. The number of carbonyl (C=O) groups is 3. The fraction of sp³-hybridized carbons (Fsp3) is 0.464. The van der Waals surface area contributed by atoms with Gasteiger partial charge < -0.3 is 20.1 Å². The van der Waals surface area contributed by atoms with Crippen LogP contribution in [0, 0.1) is 11.3 Å². The molecular formula is C28H30N2O5. The van der Waals surface area contributed by atoms with Crippen molar-refractivity contribution < 1.29 is 24.2 Å². The van der Waals surface area contributed by atoms with Crippen molar-refractivity contribution in [2.75, 3.05) is 19.7 Å². The Bertz CT molecular complexity index is 1150. The van der Waals surface area contributed by atoms with Crippen molar-refractivity contribution in [3.63, 3.8) is 0 Å². The molecule has 7 rings (SSSR count). The molecule has 2 amide bonds. The van der Waals surface area contributed by atoms with E-state index in [9.17, 15) is 19.5 Å². The SMILES string of the molecule is O=C(NCC1(C(=O)N2CC3CCC2(C(=O)O)CC3)CC1)OCC1c2ccccc2-c2ccccc21. The number of hydrogen-bond donors (Lipinski definition) is 2. The summed E-state index contributed by atoms with van der Waals surface area (Å²) in [5.74, 6) is -0.664. The summed E-state index contributed by atoms with van der Waals surface area (Å²) in [4.78, 5) is 39.9. The number of nitrogens with zero attached hydrogens (tertiary/aromatic N) is 1. The van der Waals surface area contributed by atoms with Gasteiger partial charge in [0, 0.05) is 19.0 Å². The minimum atomic E-state index is -1.08. The van der Waals surface area contributed by atoms with Crippen molar-refractivity contribution in [1.82, 2.24) is 10.2 Å². The van der Waals surface area contributed by atoms with E-state index in [0.29, 0.717) is 38.1 Å². The maximum absolute atomic E-state index is 13.5. The molecule has 7 heteroatoms. The molecule has 3 aliphatic carbocycles. The van der Waals surface area contributed by atoms with Crippen LogP contribution < -0.4 is 5.32 Å². The number of nitrogens with one attached hydrogen (secondary N) is 1. The first kappa shape index (κ1) is 22.1. The van der Waals surface area contributed by atoms with Crippen LogP contribution in [-0.4, -0.2) is 53.2 Å². The monoisotopic (exact) mass is 474 g/mol. The molecule has 2 saturated carbocycles. The number of hydrogen-bond acceptors (Lipinski definition) is 4. The Hall–Kier alpha value is -3.35. The Labute approximate surface area is 204 Å². The van der Waals surface area contributed by atoms with Crippen molar-refractivity contribution in [2.24, 2.45) is 11.3 Å². The Morgan fingerprint density at radius 3 is 2.11 bits per heavy atom. The van der Waals surface area contributed by atoms with Crippen LogP contribution in [0.2, 0.25) is 0 Å². The van der Waals surface area contributed by atoms with Gasteiger partial charge in [0.2, 0.25) is 5.91 Å². The number of piperidine rings is 2. The highest BCUT2D eigenvalue weighted by Crippen LogP contribution is 2.52. The summed E-state index contributed by atoms with van der Waals surface area (Å²) in [7, 11) is 0. The van der Waals surface area contributed by atoms with Crippen LogP contribution in [0.3, 0.4) is 0 Å². The van der Waals surface area contributed by atoms with Crippen LogP contribution in [0.1, 0.15) is 55.6 Å². The summed E-state index contributed by atoms with van der Waals surface area (Å²) in [6, 6.07) is 16.4. The number of benzene rings is 2. The number of carboxylic acid groups (broad SMARTS) is 1. The molecule has 0 unspecified atom stereocenters. The minimum Gasteiger partial charge on any atom is -0.479 e. The maximum atomic E-state index is 13.5. The molecule has 182 valence electrons. The van der Waals surface area contributed by atoms with Gasteiger partial charge in [-0.15, -0.1) is 0 Å². The molecule has 2 aliphatic heterocycles. The zero-order valence-electron chi connectivity index (χ0n) is 19.7. The lowest BCUT2D eigenvalue weighted by molar-refractivity contribution is -0.173. The maximum Gasteiger partial charge on any atom is 0.407 e. The number of aliphatic carboxylic acids is 1.